The largest absolute Gasteiger partial charge is 0.317 e. The van der Waals surface area contributed by atoms with Crippen molar-refractivity contribution in [2.45, 2.75) is 25.8 Å². The van der Waals surface area contributed by atoms with E-state index in [-0.39, 0.29) is 0 Å². The van der Waals surface area contributed by atoms with Crippen LogP contribution in [0.25, 0.3) is 0 Å². The van der Waals surface area contributed by atoms with E-state index in [1.807, 2.05) is 0 Å². The lowest BCUT2D eigenvalue weighted by Crippen LogP contribution is -2.38. The van der Waals surface area contributed by atoms with E-state index in [1.54, 1.807) is 11.3 Å². The number of nitrogens with one attached hydrogen (secondary N) is 1. The molecule has 2 aliphatic rings. The van der Waals surface area contributed by atoms with Gasteiger partial charge in [0.25, 0.3) is 0 Å². The summed E-state index contributed by atoms with van der Waals surface area (Å²) in [6.07, 6.45) is 4.06. The van der Waals surface area contributed by atoms with Crippen LogP contribution in [0.1, 0.15) is 24.1 Å². The molecule has 1 aromatic rings. The molecule has 0 saturated carbocycles. The third kappa shape index (κ3) is 2.78. The Bertz CT molecular complexity index is 409. The number of hydrogen-bond donors (Lipinski definition) is 1. The number of nitrogens with zero attached hydrogens (tertiary/aromatic N) is 1. The predicted octanol–water partition coefficient (Wildman–Crippen LogP) is 3.74. The smallest absolute Gasteiger partial charge is 0.107 e. The molecule has 2 aliphatic heterocycles. The number of piperidine rings is 1. The van der Waals surface area contributed by atoms with Gasteiger partial charge in [-0.2, -0.15) is 0 Å². The van der Waals surface area contributed by atoms with Gasteiger partial charge in [0.1, 0.15) is 4.34 Å². The van der Waals surface area contributed by atoms with Crippen LogP contribution in [0.5, 0.6) is 0 Å². The first-order chi connectivity index (χ1) is 8.67. The molecular formula is C13H18BrClN2S. The summed E-state index contributed by atoms with van der Waals surface area (Å²) in [6.45, 7) is 5.97. The van der Waals surface area contributed by atoms with Crippen LogP contribution in [0.2, 0.25) is 4.34 Å². The van der Waals surface area contributed by atoms with Gasteiger partial charge in [0.05, 0.1) is 0 Å². The normalized spacial score (nSPS) is 23.9. The van der Waals surface area contributed by atoms with E-state index in [0.717, 1.165) is 15.4 Å². The zero-order chi connectivity index (χ0) is 12.6. The standard InChI is InChI=1S/C13H18BrClN2S/c14-11-7-10(18-12(11)15)8-17-6-3-13(9-17)1-4-16-5-2-13/h7,16H,1-6,8-9H2. The fraction of sp³-hybridized carbons (Fsp3) is 0.692. The van der Waals surface area contributed by atoms with Gasteiger partial charge >= 0.3 is 0 Å². The molecule has 3 heterocycles. The number of hydrogen-bond acceptors (Lipinski definition) is 3. The van der Waals surface area contributed by atoms with E-state index in [4.69, 9.17) is 11.6 Å². The Kier molecular flexibility index (Phi) is 4.02. The van der Waals surface area contributed by atoms with Gasteiger partial charge in [-0.15, -0.1) is 11.3 Å². The molecule has 0 unspecified atom stereocenters. The second-order valence-corrected chi connectivity index (χ2v) is 8.14. The molecule has 0 amide bonds. The highest BCUT2D eigenvalue weighted by molar-refractivity contribution is 9.10. The van der Waals surface area contributed by atoms with Crippen LogP contribution in [-0.2, 0) is 6.54 Å². The summed E-state index contributed by atoms with van der Waals surface area (Å²) in [5.74, 6) is 0. The third-order valence-electron chi connectivity index (χ3n) is 4.26. The summed E-state index contributed by atoms with van der Waals surface area (Å²) in [4.78, 5) is 3.97. The van der Waals surface area contributed by atoms with Crippen LogP contribution in [-0.4, -0.2) is 31.1 Å². The first-order valence-electron chi connectivity index (χ1n) is 6.54. The SMILES string of the molecule is Clc1sc(CN2CCC3(CCNCC3)C2)cc1Br. The van der Waals surface area contributed by atoms with E-state index >= 15 is 0 Å². The van der Waals surface area contributed by atoms with Gasteiger partial charge in [0.15, 0.2) is 0 Å². The number of likely N-dealkylation sites (tertiary alicyclic amines) is 1. The average Bonchev–Trinajstić information content (AvgIpc) is 2.86. The van der Waals surface area contributed by atoms with Crippen molar-refractivity contribution in [1.82, 2.24) is 10.2 Å². The lowest BCUT2D eigenvalue weighted by Gasteiger charge is -2.33. The topological polar surface area (TPSA) is 15.3 Å². The predicted molar refractivity (Wildman–Crippen MR) is 81.5 cm³/mol. The minimum Gasteiger partial charge on any atom is -0.317 e. The summed E-state index contributed by atoms with van der Waals surface area (Å²) in [5.41, 5.74) is 0.601. The molecule has 0 aromatic carbocycles. The van der Waals surface area contributed by atoms with Gasteiger partial charge in [0.2, 0.25) is 0 Å². The molecule has 0 bridgehead atoms. The molecule has 1 spiro atoms. The summed E-state index contributed by atoms with van der Waals surface area (Å²) in [5, 5.41) is 3.47. The number of thiophene rings is 1. The average molecular weight is 350 g/mol. The van der Waals surface area contributed by atoms with Gasteiger partial charge in [-0.3, -0.25) is 4.90 Å². The van der Waals surface area contributed by atoms with Crippen LogP contribution in [0.15, 0.2) is 10.5 Å². The van der Waals surface area contributed by atoms with Crippen LogP contribution in [0.4, 0.5) is 0 Å². The first-order valence-corrected chi connectivity index (χ1v) is 8.52. The van der Waals surface area contributed by atoms with Crippen molar-refractivity contribution in [2.75, 3.05) is 26.2 Å². The lowest BCUT2D eigenvalue weighted by molar-refractivity contribution is 0.194. The summed E-state index contributed by atoms with van der Waals surface area (Å²) >= 11 is 11.3. The second kappa shape index (κ2) is 5.41. The molecule has 0 aliphatic carbocycles. The minimum atomic E-state index is 0.601. The quantitative estimate of drug-likeness (QED) is 0.875. The minimum absolute atomic E-state index is 0.601. The molecule has 5 heteroatoms. The Balaban J connectivity index is 1.62. The molecule has 0 atom stereocenters. The van der Waals surface area contributed by atoms with E-state index < -0.39 is 0 Å². The zero-order valence-electron chi connectivity index (χ0n) is 10.3. The van der Waals surface area contributed by atoms with Crippen LogP contribution < -0.4 is 5.32 Å². The van der Waals surface area contributed by atoms with Crippen molar-refractivity contribution in [3.63, 3.8) is 0 Å². The summed E-state index contributed by atoms with van der Waals surface area (Å²) < 4.78 is 1.92. The Morgan fingerprint density at radius 1 is 1.39 bits per heavy atom. The molecule has 1 N–H and O–H groups in total. The summed E-state index contributed by atoms with van der Waals surface area (Å²) in [6, 6.07) is 2.17. The highest BCUT2D eigenvalue weighted by atomic mass is 79.9. The van der Waals surface area contributed by atoms with Gasteiger partial charge in [0, 0.05) is 22.4 Å². The van der Waals surface area contributed by atoms with E-state index in [9.17, 15) is 0 Å². The maximum atomic E-state index is 6.10. The van der Waals surface area contributed by atoms with Gasteiger partial charge in [-0.05, 0) is 66.3 Å². The van der Waals surface area contributed by atoms with Crippen LogP contribution in [0.3, 0.4) is 0 Å². The second-order valence-electron chi connectivity index (χ2n) is 5.55. The fourth-order valence-electron chi connectivity index (χ4n) is 3.22. The first kappa shape index (κ1) is 13.4. The molecular weight excluding hydrogens is 332 g/mol. The van der Waals surface area contributed by atoms with E-state index in [0.29, 0.717) is 5.41 Å². The number of rotatable bonds is 2. The maximum Gasteiger partial charge on any atom is 0.107 e. The molecule has 100 valence electrons. The molecule has 18 heavy (non-hydrogen) atoms. The maximum absolute atomic E-state index is 6.10. The molecule has 0 radical (unpaired) electrons. The third-order valence-corrected chi connectivity index (χ3v) is 6.72. The monoisotopic (exact) mass is 348 g/mol. The highest BCUT2D eigenvalue weighted by Gasteiger charge is 2.38. The van der Waals surface area contributed by atoms with Crippen molar-refractivity contribution in [2.24, 2.45) is 5.41 Å². The molecule has 2 fully saturated rings. The fourth-order valence-corrected chi connectivity index (χ4v) is 5.05. The molecule has 1 aromatic heterocycles. The lowest BCUT2D eigenvalue weighted by atomic mass is 9.78. The van der Waals surface area contributed by atoms with E-state index in [2.05, 4.69) is 32.2 Å². The van der Waals surface area contributed by atoms with Crippen molar-refractivity contribution in [1.29, 1.82) is 0 Å². The van der Waals surface area contributed by atoms with Gasteiger partial charge in [-0.25, -0.2) is 0 Å². The van der Waals surface area contributed by atoms with E-state index in [1.165, 1.54) is 50.3 Å². The molecule has 2 nitrogen and oxygen atoms in total. The van der Waals surface area contributed by atoms with Gasteiger partial charge in [-0.1, -0.05) is 11.6 Å². The Hall–Kier alpha value is 0.390. The number of halogens is 2. The van der Waals surface area contributed by atoms with Crippen molar-refractivity contribution < 1.29 is 0 Å². The Morgan fingerprint density at radius 2 is 2.17 bits per heavy atom. The van der Waals surface area contributed by atoms with Crippen LogP contribution in [0, 0.1) is 5.41 Å². The molecule has 3 rings (SSSR count). The van der Waals surface area contributed by atoms with Crippen molar-refractivity contribution in [3.8, 4) is 0 Å². The Labute approximate surface area is 126 Å². The van der Waals surface area contributed by atoms with Crippen molar-refractivity contribution >= 4 is 38.9 Å². The molecule has 2 saturated heterocycles. The Morgan fingerprint density at radius 3 is 2.83 bits per heavy atom. The van der Waals surface area contributed by atoms with Crippen molar-refractivity contribution in [3.05, 3.63) is 19.8 Å². The van der Waals surface area contributed by atoms with Crippen LogP contribution >= 0.6 is 38.9 Å². The summed E-state index contributed by atoms with van der Waals surface area (Å²) in [7, 11) is 0. The zero-order valence-corrected chi connectivity index (χ0v) is 13.5. The highest BCUT2D eigenvalue weighted by Crippen LogP contribution is 2.40. The van der Waals surface area contributed by atoms with Gasteiger partial charge < -0.3 is 5.32 Å².